The average Bonchev–Trinajstić information content (AvgIpc) is 2.63. The van der Waals surface area contributed by atoms with E-state index in [0.717, 1.165) is 11.3 Å². The number of carbonyl (C=O) groups excluding carboxylic acids is 1. The molecule has 0 aliphatic carbocycles. The third-order valence-electron chi connectivity index (χ3n) is 3.52. The van der Waals surface area contributed by atoms with Gasteiger partial charge < -0.3 is 15.4 Å². The van der Waals surface area contributed by atoms with Crippen LogP contribution in [-0.4, -0.2) is 27.8 Å². The number of carbonyl (C=O) groups is 1. The van der Waals surface area contributed by atoms with E-state index >= 15 is 0 Å². The lowest BCUT2D eigenvalue weighted by Gasteiger charge is -2.11. The standard InChI is InChI=1S/C19H19N5O2/c1-3-26-18(25)15-9-4-5-10-16(15)22-19-23-17(12-20-24-19)21-14-8-6-7-13(2)11-14/h4-12H,3H2,1-2H3,(H2,21,22,23,24). The van der Waals surface area contributed by atoms with Crippen LogP contribution in [0.25, 0.3) is 0 Å². The van der Waals surface area contributed by atoms with Gasteiger partial charge in [0.1, 0.15) is 0 Å². The van der Waals surface area contributed by atoms with Gasteiger partial charge in [-0.05, 0) is 43.7 Å². The van der Waals surface area contributed by atoms with Gasteiger partial charge in [-0.3, -0.25) is 0 Å². The van der Waals surface area contributed by atoms with Crippen LogP contribution in [0.4, 0.5) is 23.1 Å². The average molecular weight is 349 g/mol. The van der Waals surface area contributed by atoms with Gasteiger partial charge >= 0.3 is 5.97 Å². The first-order valence-corrected chi connectivity index (χ1v) is 8.22. The minimum absolute atomic E-state index is 0.277. The zero-order chi connectivity index (χ0) is 18.4. The maximum Gasteiger partial charge on any atom is 0.340 e. The van der Waals surface area contributed by atoms with Gasteiger partial charge in [0, 0.05) is 5.69 Å². The van der Waals surface area contributed by atoms with Gasteiger partial charge in [-0.15, -0.1) is 5.10 Å². The van der Waals surface area contributed by atoms with Crippen molar-refractivity contribution in [3.8, 4) is 0 Å². The highest BCUT2D eigenvalue weighted by molar-refractivity contribution is 5.96. The summed E-state index contributed by atoms with van der Waals surface area (Å²) >= 11 is 0. The molecule has 0 radical (unpaired) electrons. The summed E-state index contributed by atoms with van der Waals surface area (Å²) in [6, 6.07) is 15.0. The van der Waals surface area contributed by atoms with Crippen molar-refractivity contribution in [2.24, 2.45) is 0 Å². The van der Waals surface area contributed by atoms with Gasteiger partial charge in [0.05, 0.1) is 24.1 Å². The van der Waals surface area contributed by atoms with E-state index in [2.05, 4.69) is 25.8 Å². The molecule has 0 aliphatic heterocycles. The molecule has 132 valence electrons. The van der Waals surface area contributed by atoms with E-state index in [9.17, 15) is 4.79 Å². The Hall–Kier alpha value is -3.48. The van der Waals surface area contributed by atoms with Crippen LogP contribution in [0.5, 0.6) is 0 Å². The Labute approximate surface area is 151 Å². The predicted molar refractivity (Wildman–Crippen MR) is 100.0 cm³/mol. The van der Waals surface area contributed by atoms with Crippen molar-refractivity contribution in [3.63, 3.8) is 0 Å². The minimum Gasteiger partial charge on any atom is -0.462 e. The second-order valence-electron chi connectivity index (χ2n) is 5.55. The Kier molecular flexibility index (Phi) is 5.38. The molecule has 7 heteroatoms. The zero-order valence-electron chi connectivity index (χ0n) is 14.6. The zero-order valence-corrected chi connectivity index (χ0v) is 14.6. The normalized spacial score (nSPS) is 10.2. The molecule has 2 N–H and O–H groups in total. The number of nitrogens with zero attached hydrogens (tertiary/aromatic N) is 3. The smallest absolute Gasteiger partial charge is 0.340 e. The maximum absolute atomic E-state index is 12.1. The van der Waals surface area contributed by atoms with Gasteiger partial charge in [-0.25, -0.2) is 4.79 Å². The van der Waals surface area contributed by atoms with Crippen LogP contribution in [0, 0.1) is 6.92 Å². The highest BCUT2D eigenvalue weighted by Gasteiger charge is 2.13. The first-order chi connectivity index (χ1) is 12.7. The van der Waals surface area contributed by atoms with Crippen molar-refractivity contribution < 1.29 is 9.53 Å². The predicted octanol–water partition coefficient (Wildman–Crippen LogP) is 3.84. The van der Waals surface area contributed by atoms with E-state index in [4.69, 9.17) is 4.74 Å². The van der Waals surface area contributed by atoms with Gasteiger partial charge in [0.15, 0.2) is 5.82 Å². The van der Waals surface area contributed by atoms with Gasteiger partial charge in [-0.2, -0.15) is 10.1 Å². The van der Waals surface area contributed by atoms with E-state index < -0.39 is 5.97 Å². The number of anilines is 4. The Morgan fingerprint density at radius 1 is 1.12 bits per heavy atom. The molecule has 0 bridgehead atoms. The molecule has 3 rings (SSSR count). The number of hydrogen-bond donors (Lipinski definition) is 2. The van der Waals surface area contributed by atoms with Gasteiger partial charge in [0.2, 0.25) is 5.95 Å². The van der Waals surface area contributed by atoms with E-state index in [0.29, 0.717) is 23.7 Å². The summed E-state index contributed by atoms with van der Waals surface area (Å²) in [4.78, 5) is 16.5. The number of rotatable bonds is 6. The second-order valence-corrected chi connectivity index (χ2v) is 5.55. The topological polar surface area (TPSA) is 89.0 Å². The Balaban J connectivity index is 1.80. The lowest BCUT2D eigenvalue weighted by Crippen LogP contribution is -2.09. The lowest BCUT2D eigenvalue weighted by atomic mass is 10.2. The van der Waals surface area contributed by atoms with E-state index in [1.165, 1.54) is 6.20 Å². The molecule has 1 aromatic heterocycles. The largest absolute Gasteiger partial charge is 0.462 e. The van der Waals surface area contributed by atoms with Crippen LogP contribution in [0.1, 0.15) is 22.8 Å². The molecular weight excluding hydrogens is 330 g/mol. The van der Waals surface area contributed by atoms with Gasteiger partial charge in [-0.1, -0.05) is 24.3 Å². The van der Waals surface area contributed by atoms with Crippen LogP contribution < -0.4 is 10.6 Å². The van der Waals surface area contributed by atoms with Crippen molar-refractivity contribution in [2.75, 3.05) is 17.2 Å². The molecule has 0 aliphatic rings. The van der Waals surface area contributed by atoms with E-state index in [-0.39, 0.29) is 5.95 Å². The first kappa shape index (κ1) is 17.3. The SMILES string of the molecule is CCOC(=O)c1ccccc1Nc1nncc(Nc2cccc(C)c2)n1. The first-order valence-electron chi connectivity index (χ1n) is 8.22. The molecule has 7 nitrogen and oxygen atoms in total. The summed E-state index contributed by atoms with van der Waals surface area (Å²) in [6.07, 6.45) is 1.53. The molecule has 3 aromatic rings. The molecule has 0 saturated carbocycles. The van der Waals surface area contributed by atoms with Crippen LogP contribution >= 0.6 is 0 Å². The van der Waals surface area contributed by atoms with Crippen LogP contribution in [0.3, 0.4) is 0 Å². The molecule has 0 atom stereocenters. The Morgan fingerprint density at radius 3 is 2.77 bits per heavy atom. The number of aromatic nitrogens is 3. The summed E-state index contributed by atoms with van der Waals surface area (Å²) in [5, 5.41) is 14.1. The van der Waals surface area contributed by atoms with Crippen molar-refractivity contribution in [1.29, 1.82) is 0 Å². The maximum atomic E-state index is 12.1. The Bertz CT molecular complexity index is 914. The molecular formula is C19H19N5O2. The number of benzene rings is 2. The molecule has 26 heavy (non-hydrogen) atoms. The molecule has 0 fully saturated rings. The fourth-order valence-electron chi connectivity index (χ4n) is 2.39. The van der Waals surface area contributed by atoms with Gasteiger partial charge in [0.25, 0.3) is 0 Å². The summed E-state index contributed by atoms with van der Waals surface area (Å²) in [5.74, 6) is 0.415. The molecule has 0 amide bonds. The summed E-state index contributed by atoms with van der Waals surface area (Å²) in [5.41, 5.74) is 3.01. The summed E-state index contributed by atoms with van der Waals surface area (Å²) < 4.78 is 5.07. The number of esters is 1. The summed E-state index contributed by atoms with van der Waals surface area (Å²) in [6.45, 7) is 4.09. The molecule has 2 aromatic carbocycles. The minimum atomic E-state index is -0.405. The second kappa shape index (κ2) is 8.06. The monoisotopic (exact) mass is 349 g/mol. The van der Waals surface area contributed by atoms with Crippen LogP contribution in [0.2, 0.25) is 0 Å². The fraction of sp³-hybridized carbons (Fsp3) is 0.158. The summed E-state index contributed by atoms with van der Waals surface area (Å²) in [7, 11) is 0. The molecule has 0 saturated heterocycles. The highest BCUT2D eigenvalue weighted by Crippen LogP contribution is 2.21. The lowest BCUT2D eigenvalue weighted by molar-refractivity contribution is 0.0527. The number of ether oxygens (including phenoxy) is 1. The Morgan fingerprint density at radius 2 is 1.96 bits per heavy atom. The number of hydrogen-bond acceptors (Lipinski definition) is 7. The highest BCUT2D eigenvalue weighted by atomic mass is 16.5. The van der Waals surface area contributed by atoms with Crippen LogP contribution in [0.15, 0.2) is 54.7 Å². The fourth-order valence-corrected chi connectivity index (χ4v) is 2.39. The van der Waals surface area contributed by atoms with E-state index in [1.807, 2.05) is 37.3 Å². The van der Waals surface area contributed by atoms with Crippen molar-refractivity contribution in [2.45, 2.75) is 13.8 Å². The molecule has 0 spiro atoms. The quantitative estimate of drug-likeness (QED) is 0.653. The number of nitrogens with one attached hydrogen (secondary N) is 2. The van der Waals surface area contributed by atoms with Crippen molar-refractivity contribution in [1.82, 2.24) is 15.2 Å². The van der Waals surface area contributed by atoms with Crippen molar-refractivity contribution in [3.05, 3.63) is 65.9 Å². The van der Waals surface area contributed by atoms with Crippen molar-refractivity contribution >= 4 is 29.1 Å². The van der Waals surface area contributed by atoms with Crippen LogP contribution in [-0.2, 0) is 4.74 Å². The molecule has 1 heterocycles. The third kappa shape index (κ3) is 4.32. The number of aryl methyl sites for hydroxylation is 1. The third-order valence-corrected chi connectivity index (χ3v) is 3.52. The number of para-hydroxylation sites is 1. The van der Waals surface area contributed by atoms with E-state index in [1.54, 1.807) is 25.1 Å². The molecule has 0 unspecified atom stereocenters.